The van der Waals surface area contributed by atoms with Gasteiger partial charge >= 0.3 is 5.97 Å². The van der Waals surface area contributed by atoms with Crippen molar-refractivity contribution in [1.29, 1.82) is 0 Å². The highest BCUT2D eigenvalue weighted by Crippen LogP contribution is 2.70. The lowest BCUT2D eigenvalue weighted by Gasteiger charge is -2.61. The van der Waals surface area contributed by atoms with Crippen LogP contribution in [0.15, 0.2) is 23.6 Å². The van der Waals surface area contributed by atoms with Crippen molar-refractivity contribution >= 4 is 11.8 Å². The van der Waals surface area contributed by atoms with Crippen molar-refractivity contribution in [3.63, 3.8) is 0 Å². The highest BCUT2D eigenvalue weighted by molar-refractivity contribution is 5.92. The van der Waals surface area contributed by atoms with E-state index in [4.69, 9.17) is 4.74 Å². The summed E-state index contributed by atoms with van der Waals surface area (Å²) in [7, 11) is 1.18. The molecule has 4 aliphatic carbocycles. The highest BCUT2D eigenvalue weighted by atomic mass is 19.1. The summed E-state index contributed by atoms with van der Waals surface area (Å²) in [6.07, 6.45) is 1.10. The van der Waals surface area contributed by atoms with E-state index in [0.717, 1.165) is 12.2 Å². The molecular formula is C22H28F2O5. The maximum atomic E-state index is 16.9. The molecule has 2 unspecified atom stereocenters. The number of aliphatic hydroxyl groups excluding tert-OH is 1. The Morgan fingerprint density at radius 1 is 1.34 bits per heavy atom. The molecule has 0 spiro atoms. The van der Waals surface area contributed by atoms with Crippen LogP contribution in [0.2, 0.25) is 0 Å². The summed E-state index contributed by atoms with van der Waals surface area (Å²) in [6, 6.07) is 0. The van der Waals surface area contributed by atoms with E-state index in [1.54, 1.807) is 20.8 Å². The van der Waals surface area contributed by atoms with Crippen molar-refractivity contribution in [2.45, 2.75) is 63.8 Å². The molecule has 0 heterocycles. The maximum Gasteiger partial charge on any atom is 0.338 e. The lowest BCUT2D eigenvalue weighted by Crippen LogP contribution is -2.69. The fraction of sp³-hybridized carbons (Fsp3) is 0.727. The quantitative estimate of drug-likeness (QED) is 0.650. The number of carbonyl (C=O) groups excluding carboxylic acids is 2. The monoisotopic (exact) mass is 410 g/mol. The van der Waals surface area contributed by atoms with Crippen LogP contribution in [0.5, 0.6) is 0 Å². The van der Waals surface area contributed by atoms with Crippen molar-refractivity contribution in [2.75, 3.05) is 7.11 Å². The van der Waals surface area contributed by atoms with Crippen molar-refractivity contribution in [2.24, 2.45) is 28.6 Å². The molecule has 0 radical (unpaired) electrons. The maximum absolute atomic E-state index is 16.9. The molecule has 2 fully saturated rings. The minimum Gasteiger partial charge on any atom is -0.467 e. The number of aliphatic hydroxyl groups is 2. The van der Waals surface area contributed by atoms with Gasteiger partial charge in [-0.2, -0.15) is 0 Å². The molecule has 0 bridgehead atoms. The van der Waals surface area contributed by atoms with Gasteiger partial charge < -0.3 is 14.9 Å². The van der Waals surface area contributed by atoms with Crippen LogP contribution in [0.1, 0.15) is 46.5 Å². The summed E-state index contributed by atoms with van der Waals surface area (Å²) in [4.78, 5) is 24.4. The molecule has 160 valence electrons. The summed E-state index contributed by atoms with van der Waals surface area (Å²) in [6.45, 7) is 4.92. The fourth-order valence-electron chi connectivity index (χ4n) is 7.01. The Labute approximate surface area is 168 Å². The molecule has 0 aromatic heterocycles. The van der Waals surface area contributed by atoms with Crippen LogP contribution in [-0.4, -0.2) is 46.4 Å². The molecule has 0 aliphatic heterocycles. The zero-order chi connectivity index (χ0) is 21.6. The third-order valence-corrected chi connectivity index (χ3v) is 8.73. The molecule has 4 aliphatic rings. The van der Waals surface area contributed by atoms with E-state index in [0.29, 0.717) is 6.42 Å². The number of alkyl halides is 1. The Hall–Kier alpha value is -1.60. The molecular weight excluding hydrogens is 382 g/mol. The second kappa shape index (κ2) is 5.97. The van der Waals surface area contributed by atoms with Crippen molar-refractivity contribution < 1.29 is 33.3 Å². The Morgan fingerprint density at radius 3 is 2.62 bits per heavy atom. The smallest absolute Gasteiger partial charge is 0.338 e. The van der Waals surface area contributed by atoms with E-state index in [-0.39, 0.29) is 30.6 Å². The zero-order valence-electron chi connectivity index (χ0n) is 17.2. The number of esters is 1. The number of ketones is 1. The fourth-order valence-corrected chi connectivity index (χ4v) is 7.01. The molecule has 7 heteroatoms. The lowest BCUT2D eigenvalue weighted by molar-refractivity contribution is -0.221. The average Bonchev–Trinajstić information content (AvgIpc) is 2.86. The molecule has 4 rings (SSSR count). The van der Waals surface area contributed by atoms with Gasteiger partial charge in [-0.25, -0.2) is 13.6 Å². The number of fused-ring (bicyclic) bond motifs is 5. The minimum absolute atomic E-state index is 0.00410. The predicted octanol–water partition coefficient (Wildman–Crippen LogP) is 2.80. The van der Waals surface area contributed by atoms with Gasteiger partial charge in [-0.1, -0.05) is 20.8 Å². The van der Waals surface area contributed by atoms with Crippen molar-refractivity contribution in [3.05, 3.63) is 23.6 Å². The number of hydrogen-bond acceptors (Lipinski definition) is 5. The molecule has 5 nitrogen and oxygen atoms in total. The van der Waals surface area contributed by atoms with Crippen LogP contribution < -0.4 is 0 Å². The third-order valence-electron chi connectivity index (χ3n) is 8.73. The normalized spacial score (nSPS) is 51.4. The standard InChI is InChI=1S/C22H28F2O5/c1-11-7-13-14-9-16(23)15-8-12(25)5-6-19(15,2)21(14,24)17(26)10-20(13,3)22(11,28)18(27)29-4/h8-9,11,13-14,17,26,28H,5-7,10H2,1-4H3/t11-,13?,14?,17+,19+,20+,21+,22+/m1/s1. The van der Waals surface area contributed by atoms with Crippen LogP contribution in [0.3, 0.4) is 0 Å². The van der Waals surface area contributed by atoms with Crippen LogP contribution in [0.4, 0.5) is 8.78 Å². The van der Waals surface area contributed by atoms with Crippen molar-refractivity contribution in [3.8, 4) is 0 Å². The first-order chi connectivity index (χ1) is 13.4. The number of allylic oxidation sites excluding steroid dienone is 4. The van der Waals surface area contributed by atoms with E-state index in [2.05, 4.69) is 0 Å². The zero-order valence-corrected chi connectivity index (χ0v) is 17.2. The van der Waals surface area contributed by atoms with Gasteiger partial charge in [0.05, 0.1) is 13.2 Å². The number of methoxy groups -OCH3 is 1. The van der Waals surface area contributed by atoms with E-state index in [1.165, 1.54) is 7.11 Å². The molecule has 0 aromatic rings. The number of halogens is 2. The van der Waals surface area contributed by atoms with Gasteiger partial charge in [0.25, 0.3) is 0 Å². The second-order valence-corrected chi connectivity index (χ2v) is 9.80. The summed E-state index contributed by atoms with van der Waals surface area (Å²) >= 11 is 0. The molecule has 8 atom stereocenters. The van der Waals surface area contributed by atoms with Gasteiger partial charge in [-0.3, -0.25) is 4.79 Å². The summed E-state index contributed by atoms with van der Waals surface area (Å²) in [5.74, 6) is -3.88. The Morgan fingerprint density at radius 2 is 2.00 bits per heavy atom. The molecule has 0 amide bonds. The van der Waals surface area contributed by atoms with Crippen molar-refractivity contribution in [1.82, 2.24) is 0 Å². The SMILES string of the molecule is COC(=O)[C@@]1(O)[C@H](C)CC2C3C=C(F)C4=CC(=O)CC[C@]4(C)[C@@]3(F)[C@@H](O)C[C@@]21C. The van der Waals surface area contributed by atoms with Crippen LogP contribution in [0.25, 0.3) is 0 Å². The third kappa shape index (κ3) is 2.16. The molecule has 2 saturated carbocycles. The van der Waals surface area contributed by atoms with E-state index in [1.807, 2.05) is 0 Å². The Kier molecular flexibility index (Phi) is 4.26. The van der Waals surface area contributed by atoms with Crippen LogP contribution >= 0.6 is 0 Å². The molecule has 0 saturated heterocycles. The topological polar surface area (TPSA) is 83.8 Å². The predicted molar refractivity (Wildman–Crippen MR) is 99.9 cm³/mol. The van der Waals surface area contributed by atoms with Gasteiger partial charge in [0.15, 0.2) is 17.1 Å². The lowest BCUT2D eigenvalue weighted by atomic mass is 9.45. The highest BCUT2D eigenvalue weighted by Gasteiger charge is 2.76. The first-order valence-electron chi connectivity index (χ1n) is 10.2. The summed E-state index contributed by atoms with van der Waals surface area (Å²) < 4.78 is 36.9. The minimum atomic E-state index is -2.21. The van der Waals surface area contributed by atoms with Gasteiger partial charge in [-0.05, 0) is 43.3 Å². The molecule has 29 heavy (non-hydrogen) atoms. The molecule has 0 aromatic carbocycles. The largest absolute Gasteiger partial charge is 0.467 e. The Bertz CT molecular complexity index is 852. The first kappa shape index (κ1) is 20.7. The van der Waals surface area contributed by atoms with E-state index >= 15 is 8.78 Å². The van der Waals surface area contributed by atoms with Crippen LogP contribution in [0, 0.1) is 28.6 Å². The van der Waals surface area contributed by atoms with Gasteiger partial charge in [-0.15, -0.1) is 0 Å². The number of rotatable bonds is 1. The summed E-state index contributed by atoms with van der Waals surface area (Å²) in [5, 5.41) is 22.5. The average molecular weight is 410 g/mol. The second-order valence-electron chi connectivity index (χ2n) is 9.80. The van der Waals surface area contributed by atoms with Gasteiger partial charge in [0.2, 0.25) is 0 Å². The Balaban J connectivity index is 1.91. The van der Waals surface area contributed by atoms with Crippen LogP contribution in [-0.2, 0) is 14.3 Å². The first-order valence-corrected chi connectivity index (χ1v) is 10.2. The summed E-state index contributed by atoms with van der Waals surface area (Å²) in [5.41, 5.74) is -6.65. The van der Waals surface area contributed by atoms with Gasteiger partial charge in [0.1, 0.15) is 5.83 Å². The number of hydrogen-bond donors (Lipinski definition) is 2. The van der Waals surface area contributed by atoms with E-state index in [9.17, 15) is 19.8 Å². The number of ether oxygens (including phenoxy) is 1. The molecule has 2 N–H and O–H groups in total. The number of carbonyl (C=O) groups is 2. The van der Waals surface area contributed by atoms with E-state index < -0.39 is 57.8 Å². The van der Waals surface area contributed by atoms with Gasteiger partial charge in [0, 0.05) is 28.7 Å².